The largest absolute Gasteiger partial charge is 0.416 e. The summed E-state index contributed by atoms with van der Waals surface area (Å²) in [6.07, 6.45) is -9.68. The third-order valence-electron chi connectivity index (χ3n) is 5.10. The fourth-order valence-electron chi connectivity index (χ4n) is 3.36. The normalized spacial score (nSPS) is 16.8. The SMILES string of the molecule is O=C(Nc1cc(C(F)(F)F)cc(C(F)(F)F)c1)N1CCC(O)(c2ccc(Br)cc2)CC1. The van der Waals surface area contributed by atoms with E-state index in [0.717, 1.165) is 4.47 Å². The summed E-state index contributed by atoms with van der Waals surface area (Å²) in [5.41, 5.74) is -4.16. The summed E-state index contributed by atoms with van der Waals surface area (Å²) in [5.74, 6) is 0. The number of halogens is 7. The third kappa shape index (κ3) is 5.51. The van der Waals surface area contributed by atoms with E-state index >= 15 is 0 Å². The minimum atomic E-state index is -5.01. The molecule has 0 spiro atoms. The number of rotatable bonds is 2. The highest BCUT2D eigenvalue weighted by atomic mass is 79.9. The first-order valence-corrected chi connectivity index (χ1v) is 9.91. The maximum Gasteiger partial charge on any atom is 0.416 e. The Bertz CT molecular complexity index is 919. The molecule has 0 aliphatic carbocycles. The van der Waals surface area contributed by atoms with Gasteiger partial charge in [-0.25, -0.2) is 4.79 Å². The van der Waals surface area contributed by atoms with Crippen LogP contribution >= 0.6 is 15.9 Å². The molecule has 4 nitrogen and oxygen atoms in total. The van der Waals surface area contributed by atoms with E-state index in [0.29, 0.717) is 17.7 Å². The van der Waals surface area contributed by atoms with Crippen molar-refractivity contribution < 1.29 is 36.2 Å². The highest BCUT2D eigenvalue weighted by Crippen LogP contribution is 2.38. The van der Waals surface area contributed by atoms with Gasteiger partial charge in [0.1, 0.15) is 0 Å². The second kappa shape index (κ2) is 8.34. The molecule has 0 atom stereocenters. The van der Waals surface area contributed by atoms with E-state index in [2.05, 4.69) is 21.2 Å². The van der Waals surface area contributed by atoms with Gasteiger partial charge in [-0.1, -0.05) is 28.1 Å². The van der Waals surface area contributed by atoms with E-state index in [4.69, 9.17) is 0 Å². The number of piperidine rings is 1. The van der Waals surface area contributed by atoms with Crippen LogP contribution in [0.5, 0.6) is 0 Å². The van der Waals surface area contributed by atoms with E-state index in [-0.39, 0.29) is 32.0 Å². The number of likely N-dealkylation sites (tertiary alicyclic amines) is 1. The van der Waals surface area contributed by atoms with E-state index in [1.54, 1.807) is 24.3 Å². The Kier molecular flexibility index (Phi) is 6.30. The summed E-state index contributed by atoms with van der Waals surface area (Å²) in [7, 11) is 0. The molecular weight excluding hydrogens is 494 g/mol. The topological polar surface area (TPSA) is 52.6 Å². The number of hydrogen-bond donors (Lipinski definition) is 2. The molecule has 2 aromatic rings. The lowest BCUT2D eigenvalue weighted by Crippen LogP contribution is -2.46. The molecule has 11 heteroatoms. The van der Waals surface area contributed by atoms with Gasteiger partial charge >= 0.3 is 18.4 Å². The second-order valence-electron chi connectivity index (χ2n) is 7.25. The molecule has 0 radical (unpaired) electrons. The minimum absolute atomic E-state index is 0.00508. The van der Waals surface area contributed by atoms with Crippen molar-refractivity contribution in [1.82, 2.24) is 4.90 Å². The smallest absolute Gasteiger partial charge is 0.385 e. The van der Waals surface area contributed by atoms with Crippen LogP contribution in [0.4, 0.5) is 36.8 Å². The van der Waals surface area contributed by atoms with Crippen molar-refractivity contribution in [2.45, 2.75) is 30.8 Å². The van der Waals surface area contributed by atoms with Gasteiger partial charge in [-0.05, 0) is 48.7 Å². The van der Waals surface area contributed by atoms with Crippen molar-refractivity contribution in [2.24, 2.45) is 0 Å². The Labute approximate surface area is 182 Å². The van der Waals surface area contributed by atoms with Crippen LogP contribution in [0.25, 0.3) is 0 Å². The Balaban J connectivity index is 1.73. The number of benzene rings is 2. The molecule has 2 aromatic carbocycles. The van der Waals surface area contributed by atoms with Gasteiger partial charge in [0.25, 0.3) is 0 Å². The molecule has 0 unspecified atom stereocenters. The predicted octanol–water partition coefficient (Wildman–Crippen LogP) is 6.00. The van der Waals surface area contributed by atoms with Crippen LogP contribution in [0.3, 0.4) is 0 Å². The Morgan fingerprint density at radius 2 is 1.42 bits per heavy atom. The van der Waals surface area contributed by atoms with E-state index < -0.39 is 40.8 Å². The van der Waals surface area contributed by atoms with Gasteiger partial charge in [0.15, 0.2) is 0 Å². The van der Waals surface area contributed by atoms with Gasteiger partial charge in [-0.3, -0.25) is 0 Å². The van der Waals surface area contributed by atoms with Crippen LogP contribution < -0.4 is 5.32 Å². The van der Waals surface area contributed by atoms with Gasteiger partial charge in [0.2, 0.25) is 0 Å². The molecule has 1 aliphatic rings. The number of hydrogen-bond acceptors (Lipinski definition) is 2. The molecule has 0 aromatic heterocycles. The zero-order valence-corrected chi connectivity index (χ0v) is 17.4. The molecule has 1 heterocycles. The third-order valence-corrected chi connectivity index (χ3v) is 5.63. The molecule has 1 saturated heterocycles. The fourth-order valence-corrected chi connectivity index (χ4v) is 3.62. The van der Waals surface area contributed by atoms with Crippen LogP contribution in [-0.2, 0) is 18.0 Å². The van der Waals surface area contributed by atoms with Gasteiger partial charge < -0.3 is 15.3 Å². The Hall–Kier alpha value is -2.27. The molecule has 0 bridgehead atoms. The van der Waals surface area contributed by atoms with Crippen LogP contribution in [0.2, 0.25) is 0 Å². The summed E-state index contributed by atoms with van der Waals surface area (Å²) in [5, 5.41) is 13.0. The van der Waals surface area contributed by atoms with Gasteiger partial charge in [-0.2, -0.15) is 26.3 Å². The monoisotopic (exact) mass is 510 g/mol. The number of nitrogens with zero attached hydrogens (tertiary/aromatic N) is 1. The number of nitrogens with one attached hydrogen (secondary N) is 1. The lowest BCUT2D eigenvalue weighted by atomic mass is 9.84. The van der Waals surface area contributed by atoms with Crippen molar-refractivity contribution in [2.75, 3.05) is 18.4 Å². The molecule has 1 fully saturated rings. The molecule has 31 heavy (non-hydrogen) atoms. The summed E-state index contributed by atoms with van der Waals surface area (Å²) < 4.78 is 78.7. The molecule has 2 N–H and O–H groups in total. The Morgan fingerprint density at radius 1 is 0.935 bits per heavy atom. The zero-order chi connectivity index (χ0) is 23.0. The van der Waals surface area contributed by atoms with Crippen molar-refractivity contribution in [1.29, 1.82) is 0 Å². The number of carbonyl (C=O) groups excluding carboxylic acids is 1. The average Bonchev–Trinajstić information content (AvgIpc) is 2.67. The molecule has 0 saturated carbocycles. The van der Waals surface area contributed by atoms with E-state index in [1.807, 2.05) is 0 Å². The van der Waals surface area contributed by atoms with Gasteiger partial charge in [0, 0.05) is 23.2 Å². The standard InChI is InChI=1S/C20H17BrF6N2O2/c21-15-3-1-12(2-4-15)18(31)5-7-29(8-6-18)17(30)28-16-10-13(19(22,23)24)9-14(11-16)20(25,26)27/h1-4,9-11,31H,5-8H2,(H,28,30). The van der Waals surface area contributed by atoms with E-state index in [1.165, 1.54) is 4.90 Å². The average molecular weight is 511 g/mol. The number of aliphatic hydroxyl groups is 1. The predicted molar refractivity (Wildman–Crippen MR) is 104 cm³/mol. The van der Waals surface area contributed by atoms with Gasteiger partial charge in [-0.15, -0.1) is 0 Å². The first-order valence-electron chi connectivity index (χ1n) is 9.12. The first-order chi connectivity index (χ1) is 14.3. The molecule has 3 rings (SSSR count). The van der Waals surface area contributed by atoms with E-state index in [9.17, 15) is 36.2 Å². The highest BCUT2D eigenvalue weighted by Gasteiger charge is 2.38. The summed E-state index contributed by atoms with van der Waals surface area (Å²) in [4.78, 5) is 13.7. The highest BCUT2D eigenvalue weighted by molar-refractivity contribution is 9.10. The molecule has 1 aliphatic heterocycles. The lowest BCUT2D eigenvalue weighted by Gasteiger charge is -2.38. The first kappa shape index (κ1) is 23.4. The number of carbonyl (C=O) groups is 1. The minimum Gasteiger partial charge on any atom is -0.385 e. The van der Waals surface area contributed by atoms with Crippen molar-refractivity contribution in [3.63, 3.8) is 0 Å². The summed E-state index contributed by atoms with van der Waals surface area (Å²) >= 11 is 3.30. The van der Waals surface area contributed by atoms with Crippen LogP contribution in [0, 0.1) is 0 Å². The zero-order valence-electron chi connectivity index (χ0n) is 15.8. The number of urea groups is 1. The number of amides is 2. The van der Waals surface area contributed by atoms with Crippen molar-refractivity contribution in [3.8, 4) is 0 Å². The van der Waals surface area contributed by atoms with Crippen LogP contribution in [0.1, 0.15) is 29.5 Å². The molecular formula is C20H17BrF6N2O2. The Morgan fingerprint density at radius 3 is 1.87 bits per heavy atom. The van der Waals surface area contributed by atoms with Crippen LogP contribution in [-0.4, -0.2) is 29.1 Å². The molecule has 168 valence electrons. The fraction of sp³-hybridized carbons (Fsp3) is 0.350. The van der Waals surface area contributed by atoms with Crippen LogP contribution in [0.15, 0.2) is 46.9 Å². The number of alkyl halides is 6. The van der Waals surface area contributed by atoms with Crippen molar-refractivity contribution in [3.05, 3.63) is 63.6 Å². The molecule has 2 amide bonds. The lowest BCUT2D eigenvalue weighted by molar-refractivity contribution is -0.143. The summed E-state index contributed by atoms with van der Waals surface area (Å²) in [6.45, 7) is 0.146. The second-order valence-corrected chi connectivity index (χ2v) is 8.17. The summed E-state index contributed by atoms with van der Waals surface area (Å²) in [6, 6.07) is 7.06. The maximum absolute atomic E-state index is 13.0. The number of anilines is 1. The maximum atomic E-state index is 13.0. The van der Waals surface area contributed by atoms with Gasteiger partial charge in [0.05, 0.1) is 16.7 Å². The van der Waals surface area contributed by atoms with Crippen molar-refractivity contribution >= 4 is 27.6 Å². The quantitative estimate of drug-likeness (QED) is 0.486.